The third-order valence-corrected chi connectivity index (χ3v) is 3.02. The number of hydrogen-bond acceptors (Lipinski definition) is 4. The van der Waals surface area contributed by atoms with Crippen LogP contribution >= 0.6 is 0 Å². The van der Waals surface area contributed by atoms with Crippen LogP contribution < -0.4 is 0 Å². The van der Waals surface area contributed by atoms with Gasteiger partial charge in [0.1, 0.15) is 0 Å². The van der Waals surface area contributed by atoms with Crippen molar-refractivity contribution in [3.63, 3.8) is 0 Å². The lowest BCUT2D eigenvalue weighted by atomic mass is 10.2. The maximum Gasteiger partial charge on any atom is 0.160 e. The van der Waals surface area contributed by atoms with Crippen LogP contribution in [0.4, 0.5) is 0 Å². The second-order valence-electron chi connectivity index (χ2n) is 4.56. The summed E-state index contributed by atoms with van der Waals surface area (Å²) in [6.45, 7) is 2.34. The molecule has 4 heteroatoms. The maximum atomic E-state index is 9.96. The summed E-state index contributed by atoms with van der Waals surface area (Å²) in [4.78, 5) is 0. The lowest BCUT2D eigenvalue weighted by molar-refractivity contribution is -0.0988. The molecule has 0 saturated carbocycles. The number of aliphatic hydroxyl groups excluding tert-OH is 1. The number of methoxy groups -OCH3 is 2. The molecule has 0 heterocycles. The minimum Gasteiger partial charge on any atom is -0.386 e. The normalized spacial score (nSPS) is 14.8. The molecular weight excluding hydrogens is 256 g/mol. The standard InChI is InChI=1S/C16H24O4/c1-13(20-12-14-8-5-4-6-9-14)15(17)10-7-11-16(18-2)19-3/h4-10,13,15-17H,11-12H2,1-3H3/b10-7+/t13-,15-/m0/s1. The first-order valence-electron chi connectivity index (χ1n) is 6.73. The molecule has 0 aliphatic carbocycles. The molecule has 1 aromatic carbocycles. The van der Waals surface area contributed by atoms with Gasteiger partial charge in [-0.1, -0.05) is 42.5 Å². The van der Waals surface area contributed by atoms with Crippen molar-refractivity contribution in [2.24, 2.45) is 0 Å². The highest BCUT2D eigenvalue weighted by atomic mass is 16.7. The molecule has 0 saturated heterocycles. The van der Waals surface area contributed by atoms with Gasteiger partial charge in [-0.2, -0.15) is 0 Å². The van der Waals surface area contributed by atoms with E-state index >= 15 is 0 Å². The largest absolute Gasteiger partial charge is 0.386 e. The second-order valence-corrected chi connectivity index (χ2v) is 4.56. The van der Waals surface area contributed by atoms with E-state index in [1.54, 1.807) is 20.3 Å². The Hall–Kier alpha value is -1.20. The molecule has 20 heavy (non-hydrogen) atoms. The van der Waals surface area contributed by atoms with E-state index in [0.717, 1.165) is 5.56 Å². The van der Waals surface area contributed by atoms with Gasteiger partial charge in [-0.25, -0.2) is 0 Å². The van der Waals surface area contributed by atoms with Crippen LogP contribution in [0.15, 0.2) is 42.5 Å². The predicted octanol–water partition coefficient (Wildman–Crippen LogP) is 2.52. The average molecular weight is 280 g/mol. The summed E-state index contributed by atoms with van der Waals surface area (Å²) >= 11 is 0. The van der Waals surface area contributed by atoms with E-state index in [-0.39, 0.29) is 12.4 Å². The number of aliphatic hydroxyl groups is 1. The Morgan fingerprint density at radius 1 is 1.15 bits per heavy atom. The number of hydrogen-bond donors (Lipinski definition) is 1. The summed E-state index contributed by atoms with van der Waals surface area (Å²) in [5.41, 5.74) is 1.09. The van der Waals surface area contributed by atoms with Crippen LogP contribution in [0.3, 0.4) is 0 Å². The van der Waals surface area contributed by atoms with Gasteiger partial charge in [-0.15, -0.1) is 0 Å². The van der Waals surface area contributed by atoms with Gasteiger partial charge in [-0.3, -0.25) is 0 Å². The Morgan fingerprint density at radius 3 is 2.40 bits per heavy atom. The quantitative estimate of drug-likeness (QED) is 0.558. The van der Waals surface area contributed by atoms with E-state index in [2.05, 4.69) is 0 Å². The SMILES string of the molecule is COC(C/C=C/[C@H](O)[C@H](C)OCc1ccccc1)OC. The summed E-state index contributed by atoms with van der Waals surface area (Å²) in [6.07, 6.45) is 2.95. The van der Waals surface area contributed by atoms with Gasteiger partial charge in [0.15, 0.2) is 6.29 Å². The molecule has 2 atom stereocenters. The second kappa shape index (κ2) is 9.66. The number of ether oxygens (including phenoxy) is 3. The third-order valence-electron chi connectivity index (χ3n) is 3.02. The Labute approximate surface area is 121 Å². The van der Waals surface area contributed by atoms with Crippen LogP contribution in [0, 0.1) is 0 Å². The van der Waals surface area contributed by atoms with Crippen molar-refractivity contribution < 1.29 is 19.3 Å². The lowest BCUT2D eigenvalue weighted by Crippen LogP contribution is -2.24. The van der Waals surface area contributed by atoms with Gasteiger partial charge in [0, 0.05) is 20.6 Å². The van der Waals surface area contributed by atoms with Gasteiger partial charge in [-0.05, 0) is 12.5 Å². The molecule has 0 unspecified atom stereocenters. The zero-order valence-corrected chi connectivity index (χ0v) is 12.4. The fourth-order valence-corrected chi connectivity index (χ4v) is 1.67. The van der Waals surface area contributed by atoms with Gasteiger partial charge in [0.05, 0.1) is 18.8 Å². The van der Waals surface area contributed by atoms with E-state index in [0.29, 0.717) is 13.0 Å². The summed E-state index contributed by atoms with van der Waals surface area (Å²) in [5.74, 6) is 0. The molecule has 1 aromatic rings. The van der Waals surface area contributed by atoms with Crippen molar-refractivity contribution in [2.45, 2.75) is 38.4 Å². The highest BCUT2D eigenvalue weighted by Crippen LogP contribution is 2.08. The molecule has 0 aliphatic rings. The summed E-state index contributed by atoms with van der Waals surface area (Å²) < 4.78 is 15.8. The van der Waals surface area contributed by atoms with Crippen molar-refractivity contribution in [3.8, 4) is 0 Å². The molecule has 0 aliphatic heterocycles. The van der Waals surface area contributed by atoms with Crippen LogP contribution in [0.1, 0.15) is 18.9 Å². The van der Waals surface area contributed by atoms with Crippen LogP contribution in [-0.2, 0) is 20.8 Å². The highest BCUT2D eigenvalue weighted by Gasteiger charge is 2.11. The third kappa shape index (κ3) is 6.30. The van der Waals surface area contributed by atoms with Gasteiger partial charge < -0.3 is 19.3 Å². The van der Waals surface area contributed by atoms with Gasteiger partial charge in [0.25, 0.3) is 0 Å². The molecular formula is C16H24O4. The Morgan fingerprint density at radius 2 is 1.80 bits per heavy atom. The monoisotopic (exact) mass is 280 g/mol. The molecule has 0 radical (unpaired) electrons. The number of rotatable bonds is 9. The van der Waals surface area contributed by atoms with Crippen molar-refractivity contribution in [1.82, 2.24) is 0 Å². The molecule has 1 rings (SSSR count). The molecule has 4 nitrogen and oxygen atoms in total. The lowest BCUT2D eigenvalue weighted by Gasteiger charge is -2.17. The van der Waals surface area contributed by atoms with E-state index in [9.17, 15) is 5.11 Å². The predicted molar refractivity (Wildman–Crippen MR) is 78.3 cm³/mol. The Bertz CT molecular complexity index is 373. The van der Waals surface area contributed by atoms with Gasteiger partial charge in [0.2, 0.25) is 0 Å². The van der Waals surface area contributed by atoms with Crippen LogP contribution in [-0.4, -0.2) is 37.8 Å². The van der Waals surface area contributed by atoms with Crippen molar-refractivity contribution in [3.05, 3.63) is 48.0 Å². The number of benzene rings is 1. The first-order valence-corrected chi connectivity index (χ1v) is 6.73. The molecule has 0 fully saturated rings. The zero-order valence-electron chi connectivity index (χ0n) is 12.4. The fraction of sp³-hybridized carbons (Fsp3) is 0.500. The highest BCUT2D eigenvalue weighted by molar-refractivity contribution is 5.13. The van der Waals surface area contributed by atoms with Crippen molar-refractivity contribution in [2.75, 3.05) is 14.2 Å². The first kappa shape index (κ1) is 16.9. The molecule has 1 N–H and O–H groups in total. The van der Waals surface area contributed by atoms with Crippen LogP contribution in [0.25, 0.3) is 0 Å². The minimum absolute atomic E-state index is 0.269. The minimum atomic E-state index is -0.645. The topological polar surface area (TPSA) is 47.9 Å². The summed E-state index contributed by atoms with van der Waals surface area (Å²) in [6, 6.07) is 9.89. The maximum absolute atomic E-state index is 9.96. The Kier molecular flexibility index (Phi) is 8.14. The van der Waals surface area contributed by atoms with E-state index in [1.165, 1.54) is 0 Å². The summed E-state index contributed by atoms with van der Waals surface area (Å²) in [5, 5.41) is 9.96. The van der Waals surface area contributed by atoms with Crippen LogP contribution in [0.2, 0.25) is 0 Å². The van der Waals surface area contributed by atoms with E-state index in [4.69, 9.17) is 14.2 Å². The Balaban J connectivity index is 2.31. The molecule has 112 valence electrons. The van der Waals surface area contributed by atoms with Crippen molar-refractivity contribution >= 4 is 0 Å². The molecule has 0 amide bonds. The average Bonchev–Trinajstić information content (AvgIpc) is 2.50. The van der Waals surface area contributed by atoms with Crippen molar-refractivity contribution in [1.29, 1.82) is 0 Å². The smallest absolute Gasteiger partial charge is 0.160 e. The molecule has 0 spiro atoms. The summed E-state index contributed by atoms with van der Waals surface area (Å²) in [7, 11) is 3.17. The van der Waals surface area contributed by atoms with Crippen LogP contribution in [0.5, 0.6) is 0 Å². The van der Waals surface area contributed by atoms with E-state index < -0.39 is 6.10 Å². The first-order chi connectivity index (χ1) is 9.67. The fourth-order valence-electron chi connectivity index (χ4n) is 1.67. The zero-order chi connectivity index (χ0) is 14.8. The molecule has 0 bridgehead atoms. The van der Waals surface area contributed by atoms with Gasteiger partial charge >= 0.3 is 0 Å². The molecule has 0 aromatic heterocycles. The van der Waals surface area contributed by atoms with E-state index in [1.807, 2.05) is 43.3 Å².